The molecular weight excluding hydrogens is 364 g/mol. The van der Waals surface area contributed by atoms with Gasteiger partial charge in [-0.05, 0) is 74.6 Å². The van der Waals surface area contributed by atoms with Crippen molar-refractivity contribution in [2.24, 2.45) is 11.8 Å². The number of anilines is 1. The van der Waals surface area contributed by atoms with Crippen molar-refractivity contribution in [1.82, 2.24) is 4.90 Å². The molecule has 2 heterocycles. The van der Waals surface area contributed by atoms with E-state index in [1.54, 1.807) is 24.3 Å². The first-order chi connectivity index (χ1) is 13.0. The van der Waals surface area contributed by atoms with Gasteiger partial charge in [-0.15, -0.1) is 0 Å². The van der Waals surface area contributed by atoms with Crippen LogP contribution >= 0.6 is 11.6 Å². The van der Waals surface area contributed by atoms with Gasteiger partial charge < -0.3 is 9.64 Å². The zero-order valence-electron chi connectivity index (χ0n) is 15.7. The molecule has 3 fully saturated rings. The molecule has 1 aromatic rings. The summed E-state index contributed by atoms with van der Waals surface area (Å²) in [5, 5.41) is 3.42. The maximum Gasteiger partial charge on any atom is 0.411 e. The summed E-state index contributed by atoms with van der Waals surface area (Å²) in [5.41, 5.74) is 0.672. The Balaban J connectivity index is 1.45. The first-order valence-corrected chi connectivity index (χ1v) is 10.4. The van der Waals surface area contributed by atoms with Gasteiger partial charge >= 0.3 is 6.09 Å². The quantitative estimate of drug-likeness (QED) is 0.785. The number of carbonyl (C=O) groups excluding carboxylic acids is 2. The normalized spacial score (nSPS) is 33.0. The highest BCUT2D eigenvalue weighted by Crippen LogP contribution is 2.52. The maximum absolute atomic E-state index is 12.6. The number of nitrogens with one attached hydrogen (secondary N) is 1. The lowest BCUT2D eigenvalue weighted by Gasteiger charge is -2.51. The molecule has 146 valence electrons. The molecule has 2 aliphatic heterocycles. The maximum atomic E-state index is 12.6. The minimum atomic E-state index is -0.418. The van der Waals surface area contributed by atoms with Gasteiger partial charge in [0.15, 0.2) is 0 Å². The van der Waals surface area contributed by atoms with Gasteiger partial charge in [-0.1, -0.05) is 18.5 Å². The third-order valence-corrected chi connectivity index (χ3v) is 7.11. The fourth-order valence-corrected chi connectivity index (χ4v) is 5.76. The lowest BCUT2D eigenvalue weighted by Crippen LogP contribution is -2.57. The highest BCUT2D eigenvalue weighted by molar-refractivity contribution is 6.30. The van der Waals surface area contributed by atoms with Crippen molar-refractivity contribution in [3.63, 3.8) is 0 Å². The van der Waals surface area contributed by atoms with E-state index in [1.807, 2.05) is 0 Å². The van der Waals surface area contributed by atoms with Crippen molar-refractivity contribution in [3.05, 3.63) is 29.3 Å². The van der Waals surface area contributed by atoms with Gasteiger partial charge in [-0.2, -0.15) is 0 Å². The highest BCUT2D eigenvalue weighted by Gasteiger charge is 2.55. The molecule has 0 aromatic heterocycles. The third kappa shape index (κ3) is 3.42. The third-order valence-electron chi connectivity index (χ3n) is 6.86. The van der Waals surface area contributed by atoms with Gasteiger partial charge in [0, 0.05) is 29.2 Å². The molecule has 0 unspecified atom stereocenters. The predicted octanol–water partition coefficient (Wildman–Crippen LogP) is 4.85. The Labute approximate surface area is 165 Å². The minimum Gasteiger partial charge on any atom is -0.446 e. The number of ether oxygens (including phenoxy) is 1. The second-order valence-electron chi connectivity index (χ2n) is 8.22. The Morgan fingerprint density at radius 2 is 2.00 bits per heavy atom. The zero-order valence-corrected chi connectivity index (χ0v) is 16.5. The van der Waals surface area contributed by atoms with E-state index >= 15 is 0 Å². The lowest BCUT2D eigenvalue weighted by atomic mass is 9.64. The molecule has 1 spiro atoms. The average Bonchev–Trinajstić information content (AvgIpc) is 3.01. The fourth-order valence-electron chi connectivity index (χ4n) is 5.63. The second-order valence-corrected chi connectivity index (χ2v) is 8.66. The van der Waals surface area contributed by atoms with Crippen LogP contribution in [-0.2, 0) is 9.53 Å². The van der Waals surface area contributed by atoms with Crippen LogP contribution in [0.15, 0.2) is 24.3 Å². The average molecular weight is 391 g/mol. The molecule has 4 atom stereocenters. The number of hydrogen-bond acceptors (Lipinski definition) is 3. The molecule has 1 N–H and O–H groups in total. The number of carbonyl (C=O) groups is 2. The van der Waals surface area contributed by atoms with Crippen LogP contribution in [0.4, 0.5) is 10.5 Å². The van der Waals surface area contributed by atoms with E-state index in [0.29, 0.717) is 29.0 Å². The van der Waals surface area contributed by atoms with Gasteiger partial charge in [0.2, 0.25) is 5.91 Å². The van der Waals surface area contributed by atoms with E-state index < -0.39 is 6.09 Å². The van der Waals surface area contributed by atoms with Crippen molar-refractivity contribution < 1.29 is 14.3 Å². The van der Waals surface area contributed by atoms with Crippen molar-refractivity contribution >= 4 is 29.3 Å². The van der Waals surface area contributed by atoms with E-state index in [-0.39, 0.29) is 17.6 Å². The van der Waals surface area contributed by atoms with Crippen LogP contribution in [0, 0.1) is 11.8 Å². The van der Waals surface area contributed by atoms with Crippen LogP contribution in [0.25, 0.3) is 0 Å². The number of benzene rings is 1. The van der Waals surface area contributed by atoms with Crippen LogP contribution in [0.5, 0.6) is 0 Å². The standard InChI is InChI=1S/C21H27ClN2O3/c1-14-17-4-2-5-19(25)24-13-3-11-21(17,24)12-10-18(14)27-20(26)23-16-8-6-15(22)7-9-16/h6-9,14,17-18H,2-5,10-13H2,1H3,(H,23,26)/t14-,17+,18+,21-/m1/s1. The molecular formula is C21H27ClN2O3. The van der Waals surface area contributed by atoms with Crippen molar-refractivity contribution in [3.8, 4) is 0 Å². The molecule has 0 radical (unpaired) electrons. The Kier molecular flexibility index (Phi) is 5.06. The van der Waals surface area contributed by atoms with Gasteiger partial charge in [-0.25, -0.2) is 4.79 Å². The first-order valence-electron chi connectivity index (χ1n) is 10.0. The molecule has 2 saturated heterocycles. The molecule has 27 heavy (non-hydrogen) atoms. The Bertz CT molecular complexity index is 723. The van der Waals surface area contributed by atoms with Crippen LogP contribution in [-0.4, -0.2) is 35.1 Å². The first kappa shape index (κ1) is 18.6. The van der Waals surface area contributed by atoms with E-state index in [9.17, 15) is 9.59 Å². The predicted molar refractivity (Wildman–Crippen MR) is 105 cm³/mol. The van der Waals surface area contributed by atoms with E-state index in [0.717, 1.165) is 45.1 Å². The largest absolute Gasteiger partial charge is 0.446 e. The number of hydrogen-bond donors (Lipinski definition) is 1. The molecule has 4 rings (SSSR count). The summed E-state index contributed by atoms with van der Waals surface area (Å²) in [4.78, 5) is 27.1. The molecule has 5 nitrogen and oxygen atoms in total. The Morgan fingerprint density at radius 3 is 2.78 bits per heavy atom. The van der Waals surface area contributed by atoms with Gasteiger partial charge in [0.05, 0.1) is 0 Å². The Morgan fingerprint density at radius 1 is 1.22 bits per heavy atom. The highest BCUT2D eigenvalue weighted by atomic mass is 35.5. The van der Waals surface area contributed by atoms with E-state index in [4.69, 9.17) is 16.3 Å². The summed E-state index contributed by atoms with van der Waals surface area (Å²) in [6, 6.07) is 7.00. The monoisotopic (exact) mass is 390 g/mol. The van der Waals surface area contributed by atoms with Gasteiger partial charge in [-0.3, -0.25) is 10.1 Å². The number of nitrogens with zero attached hydrogens (tertiary/aromatic N) is 1. The summed E-state index contributed by atoms with van der Waals surface area (Å²) in [5.74, 6) is 0.983. The second kappa shape index (κ2) is 7.34. The molecule has 0 bridgehead atoms. The summed E-state index contributed by atoms with van der Waals surface area (Å²) in [6.07, 6.45) is 6.06. The van der Waals surface area contributed by atoms with Crippen molar-refractivity contribution in [1.29, 1.82) is 0 Å². The van der Waals surface area contributed by atoms with Crippen molar-refractivity contribution in [2.45, 2.75) is 63.5 Å². The number of amides is 2. The zero-order chi connectivity index (χ0) is 19.0. The van der Waals surface area contributed by atoms with Crippen LogP contribution < -0.4 is 5.32 Å². The number of rotatable bonds is 2. The fraction of sp³-hybridized carbons (Fsp3) is 0.619. The molecule has 1 aliphatic carbocycles. The lowest BCUT2D eigenvalue weighted by molar-refractivity contribution is -0.140. The SMILES string of the molecule is C[C@H]1[C@@H](OC(=O)Nc2ccc(Cl)cc2)CC[C@@]23CCCN2C(=O)CCC[C@@H]13. The van der Waals surface area contributed by atoms with Crippen LogP contribution in [0.2, 0.25) is 5.02 Å². The van der Waals surface area contributed by atoms with E-state index in [1.165, 1.54) is 0 Å². The summed E-state index contributed by atoms with van der Waals surface area (Å²) >= 11 is 5.88. The van der Waals surface area contributed by atoms with Gasteiger partial charge in [0.25, 0.3) is 0 Å². The number of halogens is 1. The smallest absolute Gasteiger partial charge is 0.411 e. The van der Waals surface area contributed by atoms with Crippen LogP contribution in [0.3, 0.4) is 0 Å². The Hall–Kier alpha value is -1.75. The summed E-state index contributed by atoms with van der Waals surface area (Å²) < 4.78 is 5.81. The molecule has 1 saturated carbocycles. The van der Waals surface area contributed by atoms with Gasteiger partial charge in [0.1, 0.15) is 6.10 Å². The molecule has 1 aromatic carbocycles. The van der Waals surface area contributed by atoms with Crippen LogP contribution in [0.1, 0.15) is 51.9 Å². The van der Waals surface area contributed by atoms with E-state index in [2.05, 4.69) is 17.1 Å². The molecule has 3 aliphatic rings. The minimum absolute atomic E-state index is 0.000481. The molecule has 6 heteroatoms. The molecule has 2 amide bonds. The van der Waals surface area contributed by atoms with Crippen molar-refractivity contribution in [2.75, 3.05) is 11.9 Å². The summed E-state index contributed by atoms with van der Waals surface area (Å²) in [7, 11) is 0. The summed E-state index contributed by atoms with van der Waals surface area (Å²) in [6.45, 7) is 3.09. The topological polar surface area (TPSA) is 58.6 Å².